The van der Waals surface area contributed by atoms with Crippen molar-refractivity contribution in [3.63, 3.8) is 0 Å². The lowest BCUT2D eigenvalue weighted by Crippen LogP contribution is -2.42. The monoisotopic (exact) mass is 584 g/mol. The first-order chi connectivity index (χ1) is 18.3. The van der Waals surface area contributed by atoms with E-state index in [1.165, 1.54) is 4.88 Å². The van der Waals surface area contributed by atoms with Crippen LogP contribution in [-0.4, -0.2) is 51.1 Å². The number of thiophene rings is 1. The first-order valence-electron chi connectivity index (χ1n) is 14.2. The van der Waals surface area contributed by atoms with Gasteiger partial charge in [0.15, 0.2) is 0 Å². The highest BCUT2D eigenvalue weighted by atomic mass is 35.5. The number of hydrogen-bond donors (Lipinski definition) is 3. The first-order valence-corrected chi connectivity index (χ1v) is 15.8. The van der Waals surface area contributed by atoms with E-state index in [2.05, 4.69) is 24.3 Å². The van der Waals surface area contributed by atoms with Crippen molar-refractivity contribution in [2.45, 2.75) is 113 Å². The van der Waals surface area contributed by atoms with Gasteiger partial charge in [-0.2, -0.15) is 0 Å². The van der Waals surface area contributed by atoms with Crippen LogP contribution in [0.2, 0.25) is 4.34 Å². The summed E-state index contributed by atoms with van der Waals surface area (Å²) in [6.07, 6.45) is 16.7. The molecule has 0 aromatic carbocycles. The molecule has 1 aromatic heterocycles. The van der Waals surface area contributed by atoms with E-state index >= 15 is 0 Å². The Bertz CT molecular complexity index is 958. The standard InChI is InChI=1S/C30H42Cl2O5S/c31-23-18-25(34)22(9-5-12-27(35)30(16-7-17-30)19-20-14-15-28(32)38-20)21(23)8-3-1-2-4-13-29(36)37-26-11-6-10-24(26)33/h1,3,5,9,14-15,21-27,33-35H,2,4,6-8,10-13,16-19H2/b3-1-,9-5+/t21-,22-,23-,24-,25-,26-,27?/m1/s1. The Morgan fingerprint density at radius 2 is 1.97 bits per heavy atom. The highest BCUT2D eigenvalue weighted by molar-refractivity contribution is 7.16. The summed E-state index contributed by atoms with van der Waals surface area (Å²) in [5.74, 6) is -0.133. The highest BCUT2D eigenvalue weighted by Crippen LogP contribution is 2.49. The fourth-order valence-corrected chi connectivity index (χ4v) is 8.04. The lowest BCUT2D eigenvalue weighted by molar-refractivity contribution is -0.153. The van der Waals surface area contributed by atoms with Gasteiger partial charge in [0.25, 0.3) is 0 Å². The van der Waals surface area contributed by atoms with Gasteiger partial charge in [0, 0.05) is 28.0 Å². The normalized spacial score (nSPS) is 31.7. The molecule has 3 saturated carbocycles. The maximum Gasteiger partial charge on any atom is 0.306 e. The fourth-order valence-electron chi connectivity index (χ4n) is 6.34. The van der Waals surface area contributed by atoms with Gasteiger partial charge >= 0.3 is 5.97 Å². The smallest absolute Gasteiger partial charge is 0.306 e. The largest absolute Gasteiger partial charge is 0.460 e. The average molecular weight is 586 g/mol. The lowest BCUT2D eigenvalue weighted by atomic mass is 9.62. The minimum atomic E-state index is -0.514. The number of esters is 1. The van der Waals surface area contributed by atoms with Crippen LogP contribution in [0.4, 0.5) is 0 Å². The van der Waals surface area contributed by atoms with E-state index in [9.17, 15) is 20.1 Å². The van der Waals surface area contributed by atoms with Crippen LogP contribution in [0.1, 0.15) is 81.9 Å². The topological polar surface area (TPSA) is 87.0 Å². The van der Waals surface area contributed by atoms with E-state index in [0.29, 0.717) is 32.1 Å². The van der Waals surface area contributed by atoms with Crippen molar-refractivity contribution in [2.75, 3.05) is 0 Å². The summed E-state index contributed by atoms with van der Waals surface area (Å²) in [7, 11) is 0. The molecular formula is C30H42Cl2O5S. The molecule has 0 amide bonds. The molecule has 1 unspecified atom stereocenters. The summed E-state index contributed by atoms with van der Waals surface area (Å²) >= 11 is 14.3. The number of rotatable bonds is 13. The van der Waals surface area contributed by atoms with E-state index in [1.807, 2.05) is 12.1 Å². The molecule has 7 atom stereocenters. The molecule has 1 aromatic rings. The van der Waals surface area contributed by atoms with Gasteiger partial charge in [0.1, 0.15) is 6.10 Å². The van der Waals surface area contributed by atoms with Gasteiger partial charge in [-0.1, -0.05) is 42.3 Å². The molecule has 1 heterocycles. The molecular weight excluding hydrogens is 543 g/mol. The number of aliphatic hydroxyl groups is 3. The zero-order chi connectivity index (χ0) is 27.1. The molecule has 3 aliphatic carbocycles. The van der Waals surface area contributed by atoms with Crippen LogP contribution >= 0.6 is 34.5 Å². The first kappa shape index (κ1) is 30.1. The van der Waals surface area contributed by atoms with Crippen molar-refractivity contribution in [3.05, 3.63) is 45.7 Å². The highest BCUT2D eigenvalue weighted by Gasteiger charge is 2.43. The molecule has 4 rings (SSSR count). The molecule has 5 nitrogen and oxygen atoms in total. The van der Waals surface area contributed by atoms with Gasteiger partial charge in [0.2, 0.25) is 0 Å². The second-order valence-corrected chi connectivity index (χ2v) is 13.8. The van der Waals surface area contributed by atoms with Crippen LogP contribution in [0.15, 0.2) is 36.4 Å². The van der Waals surface area contributed by atoms with Crippen molar-refractivity contribution < 1.29 is 24.9 Å². The average Bonchev–Trinajstić information content (AvgIpc) is 3.52. The van der Waals surface area contributed by atoms with E-state index < -0.39 is 18.3 Å². The van der Waals surface area contributed by atoms with Crippen LogP contribution in [-0.2, 0) is 16.0 Å². The summed E-state index contributed by atoms with van der Waals surface area (Å²) < 4.78 is 6.17. The molecule has 0 radical (unpaired) electrons. The van der Waals surface area contributed by atoms with Gasteiger partial charge < -0.3 is 20.1 Å². The number of unbranched alkanes of at least 4 members (excludes halogenated alkanes) is 1. The number of aliphatic hydroxyl groups excluding tert-OH is 3. The minimum Gasteiger partial charge on any atom is -0.460 e. The SMILES string of the molecule is O=C(CCC/C=C\C[C@@H]1[C@@H](/C=C/CC(O)C2(Cc3ccc(Cl)s3)CCC2)[C@H](O)C[C@H]1Cl)O[C@@H]1CCC[C@H]1O. The number of carbonyl (C=O) groups excluding carboxylic acids is 1. The molecule has 8 heteroatoms. The molecule has 0 aliphatic heterocycles. The Morgan fingerprint density at radius 1 is 1.16 bits per heavy atom. The Labute approximate surface area is 240 Å². The summed E-state index contributed by atoms with van der Waals surface area (Å²) in [6.45, 7) is 0. The number of allylic oxidation sites excluding steroid dienone is 2. The maximum atomic E-state index is 12.0. The van der Waals surface area contributed by atoms with Crippen LogP contribution < -0.4 is 0 Å². The Morgan fingerprint density at radius 3 is 2.63 bits per heavy atom. The molecule has 0 spiro atoms. The van der Waals surface area contributed by atoms with Crippen LogP contribution in [0.3, 0.4) is 0 Å². The molecule has 0 bridgehead atoms. The molecule has 3 aliphatic rings. The summed E-state index contributed by atoms with van der Waals surface area (Å²) in [5.41, 5.74) is -0.0761. The second kappa shape index (κ2) is 14.1. The molecule has 38 heavy (non-hydrogen) atoms. The summed E-state index contributed by atoms with van der Waals surface area (Å²) in [5, 5.41) is 31.4. The Balaban J connectivity index is 1.20. The van der Waals surface area contributed by atoms with Crippen LogP contribution in [0, 0.1) is 17.3 Å². The summed E-state index contributed by atoms with van der Waals surface area (Å²) in [6, 6.07) is 3.99. The zero-order valence-corrected chi connectivity index (χ0v) is 24.3. The molecule has 212 valence electrons. The fraction of sp³-hybridized carbons (Fsp3) is 0.700. The summed E-state index contributed by atoms with van der Waals surface area (Å²) in [4.78, 5) is 13.2. The molecule has 0 saturated heterocycles. The third-order valence-corrected chi connectivity index (χ3v) is 10.6. The Hall–Kier alpha value is -0.890. The van der Waals surface area contributed by atoms with Crippen molar-refractivity contribution in [2.24, 2.45) is 17.3 Å². The van der Waals surface area contributed by atoms with Crippen molar-refractivity contribution in [1.82, 2.24) is 0 Å². The Kier molecular flexibility index (Phi) is 11.2. The number of ether oxygens (including phenoxy) is 1. The van der Waals surface area contributed by atoms with Gasteiger partial charge in [-0.05, 0) is 88.7 Å². The number of halogens is 2. The van der Waals surface area contributed by atoms with Gasteiger partial charge in [-0.3, -0.25) is 4.79 Å². The minimum absolute atomic E-state index is 0.0318. The van der Waals surface area contributed by atoms with Gasteiger partial charge in [-0.15, -0.1) is 22.9 Å². The van der Waals surface area contributed by atoms with E-state index in [4.69, 9.17) is 27.9 Å². The maximum absolute atomic E-state index is 12.0. The second-order valence-electron chi connectivity index (χ2n) is 11.5. The van der Waals surface area contributed by atoms with E-state index in [1.54, 1.807) is 11.3 Å². The van der Waals surface area contributed by atoms with Crippen molar-refractivity contribution in [1.29, 1.82) is 0 Å². The van der Waals surface area contributed by atoms with Gasteiger partial charge in [0.05, 0.1) is 22.6 Å². The van der Waals surface area contributed by atoms with Crippen LogP contribution in [0.5, 0.6) is 0 Å². The third kappa shape index (κ3) is 7.86. The quantitative estimate of drug-likeness (QED) is 0.105. The van der Waals surface area contributed by atoms with Crippen molar-refractivity contribution in [3.8, 4) is 0 Å². The predicted octanol–water partition coefficient (Wildman–Crippen LogP) is 6.60. The number of hydrogen-bond acceptors (Lipinski definition) is 6. The van der Waals surface area contributed by atoms with Crippen molar-refractivity contribution >= 4 is 40.5 Å². The zero-order valence-electron chi connectivity index (χ0n) is 22.0. The predicted molar refractivity (Wildman–Crippen MR) is 154 cm³/mol. The van der Waals surface area contributed by atoms with Gasteiger partial charge in [-0.25, -0.2) is 0 Å². The molecule has 3 fully saturated rings. The number of carbonyl (C=O) groups is 1. The van der Waals surface area contributed by atoms with E-state index in [-0.39, 0.29) is 34.7 Å². The number of alkyl halides is 1. The van der Waals surface area contributed by atoms with Crippen LogP contribution in [0.25, 0.3) is 0 Å². The lowest BCUT2D eigenvalue weighted by Gasteiger charge is -2.45. The van der Waals surface area contributed by atoms with E-state index in [0.717, 1.165) is 55.7 Å². The molecule has 3 N–H and O–H groups in total. The third-order valence-electron chi connectivity index (χ3n) is 8.83.